The molecule has 0 aliphatic heterocycles. The lowest BCUT2D eigenvalue weighted by Crippen LogP contribution is -2.08. The predicted molar refractivity (Wildman–Crippen MR) is 56.3 cm³/mol. The molecule has 1 aromatic heterocycles. The van der Waals surface area contributed by atoms with Crippen molar-refractivity contribution >= 4 is 21.9 Å². The zero-order chi connectivity index (χ0) is 10.7. The minimum Gasteiger partial charge on any atom is -0.461 e. The minimum atomic E-state index is -0.382. The molecule has 14 heavy (non-hydrogen) atoms. The molecule has 0 fully saturated rings. The molecule has 0 radical (unpaired) electrons. The molecular formula is C9H13BrN2O2. The second-order valence-electron chi connectivity index (χ2n) is 3.11. The first kappa shape index (κ1) is 11.2. The van der Waals surface area contributed by atoms with Crippen LogP contribution in [-0.4, -0.2) is 22.4 Å². The molecule has 0 N–H and O–H groups in total. The second-order valence-corrected chi connectivity index (χ2v) is 3.92. The molecule has 0 spiro atoms. The summed E-state index contributed by atoms with van der Waals surface area (Å²) >= 11 is 3.33. The molecule has 78 valence electrons. The van der Waals surface area contributed by atoms with Crippen molar-refractivity contribution in [3.8, 4) is 0 Å². The number of hydrogen-bond donors (Lipinski definition) is 0. The number of nitrogens with zero attached hydrogens (tertiary/aromatic N) is 2. The number of carbonyl (C=O) groups is 1. The van der Waals surface area contributed by atoms with Crippen LogP contribution in [0.3, 0.4) is 0 Å². The van der Waals surface area contributed by atoms with Gasteiger partial charge in [-0.25, -0.2) is 4.79 Å². The molecule has 1 rings (SSSR count). The van der Waals surface area contributed by atoms with Crippen molar-refractivity contribution in [3.63, 3.8) is 0 Å². The summed E-state index contributed by atoms with van der Waals surface area (Å²) in [6, 6.07) is 1.88. The fourth-order valence-corrected chi connectivity index (χ4v) is 1.74. The number of halogens is 1. The van der Waals surface area contributed by atoms with E-state index < -0.39 is 0 Å². The molecule has 4 nitrogen and oxygen atoms in total. The Morgan fingerprint density at radius 3 is 2.79 bits per heavy atom. The highest BCUT2D eigenvalue weighted by molar-refractivity contribution is 9.10. The van der Waals surface area contributed by atoms with Crippen molar-refractivity contribution in [3.05, 3.63) is 16.4 Å². The number of ether oxygens (including phenoxy) is 1. The molecule has 0 aliphatic rings. The summed E-state index contributed by atoms with van der Waals surface area (Å²) in [6.07, 6.45) is 0. The van der Waals surface area contributed by atoms with E-state index in [0.717, 1.165) is 4.60 Å². The molecular weight excluding hydrogens is 248 g/mol. The van der Waals surface area contributed by atoms with Crippen LogP contribution in [0.1, 0.15) is 37.3 Å². The van der Waals surface area contributed by atoms with Gasteiger partial charge in [0.2, 0.25) is 0 Å². The molecule has 0 atom stereocenters. The zero-order valence-corrected chi connectivity index (χ0v) is 10.0. The summed E-state index contributed by atoms with van der Waals surface area (Å²) in [5, 5.41) is 4.12. The highest BCUT2D eigenvalue weighted by atomic mass is 79.9. The first-order valence-corrected chi connectivity index (χ1v) is 5.27. The Balaban J connectivity index is 2.90. The summed E-state index contributed by atoms with van der Waals surface area (Å²) in [5.74, 6) is -0.382. The maximum Gasteiger partial charge on any atom is 0.358 e. The maximum atomic E-state index is 11.3. The van der Waals surface area contributed by atoms with Crippen LogP contribution < -0.4 is 0 Å². The first-order valence-electron chi connectivity index (χ1n) is 4.48. The van der Waals surface area contributed by atoms with E-state index in [1.807, 2.05) is 13.8 Å². The van der Waals surface area contributed by atoms with E-state index in [1.54, 1.807) is 17.7 Å². The van der Waals surface area contributed by atoms with Crippen LogP contribution in [0.25, 0.3) is 0 Å². The van der Waals surface area contributed by atoms with Crippen LogP contribution in [0.15, 0.2) is 10.7 Å². The molecule has 5 heteroatoms. The van der Waals surface area contributed by atoms with Crippen molar-refractivity contribution in [2.45, 2.75) is 26.8 Å². The van der Waals surface area contributed by atoms with E-state index in [1.165, 1.54) is 0 Å². The van der Waals surface area contributed by atoms with Gasteiger partial charge in [-0.1, -0.05) is 0 Å². The normalized spacial score (nSPS) is 10.6. The quantitative estimate of drug-likeness (QED) is 0.785. The summed E-state index contributed by atoms with van der Waals surface area (Å²) in [7, 11) is 0. The Labute approximate surface area is 91.4 Å². The number of aromatic nitrogens is 2. The topological polar surface area (TPSA) is 44.1 Å². The average Bonchev–Trinajstić information content (AvgIpc) is 2.48. The van der Waals surface area contributed by atoms with Crippen molar-refractivity contribution in [2.24, 2.45) is 0 Å². The highest BCUT2D eigenvalue weighted by Crippen LogP contribution is 2.17. The van der Waals surface area contributed by atoms with Gasteiger partial charge >= 0.3 is 5.97 Å². The minimum absolute atomic E-state index is 0.215. The Kier molecular flexibility index (Phi) is 3.69. The van der Waals surface area contributed by atoms with Gasteiger partial charge in [-0.2, -0.15) is 5.10 Å². The molecule has 1 aromatic rings. The van der Waals surface area contributed by atoms with Gasteiger partial charge < -0.3 is 4.74 Å². The van der Waals surface area contributed by atoms with Gasteiger partial charge in [0.05, 0.1) is 6.61 Å². The van der Waals surface area contributed by atoms with Crippen molar-refractivity contribution in [2.75, 3.05) is 6.61 Å². The largest absolute Gasteiger partial charge is 0.461 e. The first-order chi connectivity index (χ1) is 6.56. The predicted octanol–water partition coefficient (Wildman–Crippen LogP) is 2.40. The molecule has 0 saturated heterocycles. The van der Waals surface area contributed by atoms with Gasteiger partial charge in [0.15, 0.2) is 5.69 Å². The SMILES string of the molecule is CCOC(=O)c1cc(Br)n(C(C)C)n1. The average molecular weight is 261 g/mol. The standard InChI is InChI=1S/C9H13BrN2O2/c1-4-14-9(13)7-5-8(10)12(11-7)6(2)3/h5-6H,4H2,1-3H3. The Hall–Kier alpha value is -0.840. The fourth-order valence-electron chi connectivity index (χ4n) is 1.04. The Morgan fingerprint density at radius 2 is 2.36 bits per heavy atom. The molecule has 0 bridgehead atoms. The molecule has 1 heterocycles. The van der Waals surface area contributed by atoms with Crippen LogP contribution >= 0.6 is 15.9 Å². The molecule has 0 aliphatic carbocycles. The fraction of sp³-hybridized carbons (Fsp3) is 0.556. The smallest absolute Gasteiger partial charge is 0.358 e. The van der Waals surface area contributed by atoms with E-state index in [-0.39, 0.29) is 12.0 Å². The van der Waals surface area contributed by atoms with Crippen molar-refractivity contribution in [1.29, 1.82) is 0 Å². The van der Waals surface area contributed by atoms with E-state index in [4.69, 9.17) is 4.74 Å². The summed E-state index contributed by atoms with van der Waals surface area (Å²) in [6.45, 7) is 6.12. The van der Waals surface area contributed by atoms with Crippen LogP contribution in [0.2, 0.25) is 0 Å². The van der Waals surface area contributed by atoms with Crippen molar-refractivity contribution < 1.29 is 9.53 Å². The van der Waals surface area contributed by atoms with Gasteiger partial charge in [0, 0.05) is 12.1 Å². The number of esters is 1. The molecule has 0 amide bonds. The van der Waals surface area contributed by atoms with Gasteiger partial charge in [-0.15, -0.1) is 0 Å². The zero-order valence-electron chi connectivity index (χ0n) is 8.45. The van der Waals surface area contributed by atoms with Crippen LogP contribution in [0.4, 0.5) is 0 Å². The van der Waals surface area contributed by atoms with E-state index in [2.05, 4.69) is 21.0 Å². The third-order valence-electron chi connectivity index (χ3n) is 1.66. The van der Waals surface area contributed by atoms with Gasteiger partial charge in [-0.05, 0) is 36.7 Å². The van der Waals surface area contributed by atoms with E-state index in [9.17, 15) is 4.79 Å². The van der Waals surface area contributed by atoms with Crippen LogP contribution in [0, 0.1) is 0 Å². The van der Waals surface area contributed by atoms with Gasteiger partial charge in [0.25, 0.3) is 0 Å². The maximum absolute atomic E-state index is 11.3. The van der Waals surface area contributed by atoms with Crippen LogP contribution in [-0.2, 0) is 4.74 Å². The molecule has 0 aromatic carbocycles. The van der Waals surface area contributed by atoms with E-state index >= 15 is 0 Å². The number of rotatable bonds is 3. The number of carbonyl (C=O) groups excluding carboxylic acids is 1. The summed E-state index contributed by atoms with van der Waals surface area (Å²) in [5.41, 5.74) is 0.340. The Bertz CT molecular complexity index is 334. The number of hydrogen-bond acceptors (Lipinski definition) is 3. The highest BCUT2D eigenvalue weighted by Gasteiger charge is 2.14. The lowest BCUT2D eigenvalue weighted by Gasteiger charge is -2.05. The van der Waals surface area contributed by atoms with Gasteiger partial charge in [0.1, 0.15) is 4.60 Å². The summed E-state index contributed by atoms with van der Waals surface area (Å²) in [4.78, 5) is 11.3. The lowest BCUT2D eigenvalue weighted by molar-refractivity contribution is 0.0518. The monoisotopic (exact) mass is 260 g/mol. The van der Waals surface area contributed by atoms with Gasteiger partial charge in [-0.3, -0.25) is 4.68 Å². The molecule has 0 saturated carbocycles. The van der Waals surface area contributed by atoms with E-state index in [0.29, 0.717) is 12.3 Å². The second kappa shape index (κ2) is 4.59. The Morgan fingerprint density at radius 1 is 1.71 bits per heavy atom. The lowest BCUT2D eigenvalue weighted by atomic mass is 10.4. The molecule has 0 unspecified atom stereocenters. The summed E-state index contributed by atoms with van der Waals surface area (Å²) < 4.78 is 7.36. The van der Waals surface area contributed by atoms with Crippen molar-refractivity contribution in [1.82, 2.24) is 9.78 Å². The third-order valence-corrected chi connectivity index (χ3v) is 2.26. The third kappa shape index (κ3) is 2.35. The van der Waals surface area contributed by atoms with Crippen LogP contribution in [0.5, 0.6) is 0 Å².